The van der Waals surface area contributed by atoms with Crippen LogP contribution in [0.1, 0.15) is 29.3 Å². The second-order valence-electron chi connectivity index (χ2n) is 4.24. The van der Waals surface area contributed by atoms with Crippen molar-refractivity contribution in [2.24, 2.45) is 5.92 Å². The number of amides is 1. The third-order valence-corrected chi connectivity index (χ3v) is 2.73. The number of nitrogens with one attached hydrogen (secondary N) is 1. The minimum atomic E-state index is -0.897. The highest BCUT2D eigenvalue weighted by Gasteiger charge is 2.13. The van der Waals surface area contributed by atoms with Gasteiger partial charge in [0.05, 0.1) is 5.92 Å². The second kappa shape index (κ2) is 6.14. The van der Waals surface area contributed by atoms with Crippen molar-refractivity contribution < 1.29 is 19.1 Å². The number of hydrogen-bond donors (Lipinski definition) is 2. The maximum absolute atomic E-state index is 13.0. The molecule has 1 amide bonds. The summed E-state index contributed by atoms with van der Waals surface area (Å²) in [4.78, 5) is 22.3. The van der Waals surface area contributed by atoms with Crippen LogP contribution < -0.4 is 5.32 Å². The third-order valence-electron chi connectivity index (χ3n) is 2.73. The Bertz CT molecular complexity index is 460. The van der Waals surface area contributed by atoms with Crippen LogP contribution in [0.25, 0.3) is 0 Å². The molecule has 0 aromatic heterocycles. The van der Waals surface area contributed by atoms with Crippen molar-refractivity contribution >= 4 is 11.9 Å². The van der Waals surface area contributed by atoms with Gasteiger partial charge in [-0.2, -0.15) is 0 Å². The number of benzene rings is 1. The molecule has 0 heterocycles. The largest absolute Gasteiger partial charge is 0.481 e. The molecule has 5 heteroatoms. The summed E-state index contributed by atoms with van der Waals surface area (Å²) in [5.41, 5.74) is 0.957. The van der Waals surface area contributed by atoms with E-state index in [4.69, 9.17) is 5.11 Å². The molecule has 0 fully saturated rings. The highest BCUT2D eigenvalue weighted by molar-refractivity contribution is 5.95. The van der Waals surface area contributed by atoms with Crippen LogP contribution in [-0.2, 0) is 4.79 Å². The number of halogens is 1. The number of carboxylic acid groups (broad SMARTS) is 1. The van der Waals surface area contributed by atoms with E-state index < -0.39 is 17.7 Å². The van der Waals surface area contributed by atoms with E-state index >= 15 is 0 Å². The molecule has 1 rings (SSSR count). The van der Waals surface area contributed by atoms with Crippen molar-refractivity contribution in [3.8, 4) is 0 Å². The molecule has 18 heavy (non-hydrogen) atoms. The highest BCUT2D eigenvalue weighted by Crippen LogP contribution is 2.10. The van der Waals surface area contributed by atoms with Gasteiger partial charge in [0.15, 0.2) is 0 Å². The van der Waals surface area contributed by atoms with Crippen LogP contribution >= 0.6 is 0 Å². The molecule has 1 atom stereocenters. The van der Waals surface area contributed by atoms with Crippen molar-refractivity contribution in [2.75, 3.05) is 6.54 Å². The van der Waals surface area contributed by atoms with Crippen LogP contribution in [0.2, 0.25) is 0 Å². The lowest BCUT2D eigenvalue weighted by molar-refractivity contribution is -0.141. The van der Waals surface area contributed by atoms with Crippen LogP contribution in [0.3, 0.4) is 0 Å². The smallest absolute Gasteiger partial charge is 0.306 e. The average Bonchev–Trinajstić information content (AvgIpc) is 2.31. The Kier molecular flexibility index (Phi) is 4.83. The average molecular weight is 253 g/mol. The molecule has 0 aliphatic carbocycles. The summed E-state index contributed by atoms with van der Waals surface area (Å²) in [6.07, 6.45) is 0.343. The Balaban J connectivity index is 2.55. The van der Waals surface area contributed by atoms with Gasteiger partial charge in [0, 0.05) is 12.1 Å². The van der Waals surface area contributed by atoms with Crippen molar-refractivity contribution in [1.29, 1.82) is 0 Å². The topological polar surface area (TPSA) is 66.4 Å². The maximum Gasteiger partial charge on any atom is 0.306 e. The SMILES string of the molecule is Cc1ccc(F)cc1C(=O)NCCC(C)C(=O)O. The number of aliphatic carboxylic acids is 1. The van der Waals surface area contributed by atoms with E-state index in [9.17, 15) is 14.0 Å². The fourth-order valence-electron chi connectivity index (χ4n) is 1.46. The Morgan fingerprint density at radius 1 is 1.44 bits per heavy atom. The molecule has 98 valence electrons. The fraction of sp³-hybridized carbons (Fsp3) is 0.385. The zero-order chi connectivity index (χ0) is 13.7. The molecular weight excluding hydrogens is 237 g/mol. The lowest BCUT2D eigenvalue weighted by Crippen LogP contribution is -2.27. The number of carbonyl (C=O) groups excluding carboxylic acids is 1. The van der Waals surface area contributed by atoms with Crippen LogP contribution in [0.4, 0.5) is 4.39 Å². The standard InChI is InChI=1S/C13H16FNO3/c1-8-3-4-10(14)7-11(8)12(16)15-6-5-9(2)13(17)18/h3-4,7,9H,5-6H2,1-2H3,(H,15,16)(H,17,18). The van der Waals surface area contributed by atoms with Gasteiger partial charge in [0.1, 0.15) is 5.82 Å². The summed E-state index contributed by atoms with van der Waals surface area (Å²) in [7, 11) is 0. The first-order valence-corrected chi connectivity index (χ1v) is 5.69. The number of carboxylic acids is 1. The van der Waals surface area contributed by atoms with Crippen molar-refractivity contribution in [2.45, 2.75) is 20.3 Å². The molecule has 0 saturated carbocycles. The summed E-state index contributed by atoms with van der Waals surface area (Å²) >= 11 is 0. The van der Waals surface area contributed by atoms with Crippen molar-refractivity contribution in [1.82, 2.24) is 5.32 Å². The number of carbonyl (C=O) groups is 2. The van der Waals surface area contributed by atoms with E-state index in [0.29, 0.717) is 12.0 Å². The van der Waals surface area contributed by atoms with Crippen molar-refractivity contribution in [3.63, 3.8) is 0 Å². The molecule has 0 saturated heterocycles. The Hall–Kier alpha value is -1.91. The summed E-state index contributed by atoms with van der Waals surface area (Å²) < 4.78 is 13.0. The molecule has 1 aromatic rings. The van der Waals surface area contributed by atoms with Crippen LogP contribution in [0, 0.1) is 18.7 Å². The van der Waals surface area contributed by atoms with E-state index in [1.54, 1.807) is 13.8 Å². The molecular formula is C13H16FNO3. The third kappa shape index (κ3) is 3.84. The van der Waals surface area contributed by atoms with Gasteiger partial charge in [0.2, 0.25) is 0 Å². The number of rotatable bonds is 5. The number of hydrogen-bond acceptors (Lipinski definition) is 2. The first kappa shape index (κ1) is 14.2. The van der Waals surface area contributed by atoms with Gasteiger partial charge in [-0.1, -0.05) is 13.0 Å². The fourth-order valence-corrected chi connectivity index (χ4v) is 1.46. The molecule has 1 aromatic carbocycles. The van der Waals surface area contributed by atoms with Crippen molar-refractivity contribution in [3.05, 3.63) is 35.1 Å². The lowest BCUT2D eigenvalue weighted by atomic mass is 10.1. The van der Waals surface area contributed by atoms with Gasteiger partial charge >= 0.3 is 5.97 Å². The van der Waals surface area contributed by atoms with Crippen LogP contribution in [-0.4, -0.2) is 23.5 Å². The molecule has 0 bridgehead atoms. The predicted molar refractivity (Wildman–Crippen MR) is 64.9 cm³/mol. The van der Waals surface area contributed by atoms with Crippen LogP contribution in [0.15, 0.2) is 18.2 Å². The summed E-state index contributed by atoms with van der Waals surface area (Å²) in [6.45, 7) is 3.54. The van der Waals surface area contributed by atoms with E-state index in [1.807, 2.05) is 0 Å². The van der Waals surface area contributed by atoms with E-state index in [0.717, 1.165) is 0 Å². The van der Waals surface area contributed by atoms with E-state index in [1.165, 1.54) is 18.2 Å². The molecule has 2 N–H and O–H groups in total. The molecule has 0 aliphatic heterocycles. The van der Waals surface area contributed by atoms with Gasteiger partial charge in [0.25, 0.3) is 5.91 Å². The molecule has 0 radical (unpaired) electrons. The second-order valence-corrected chi connectivity index (χ2v) is 4.24. The van der Waals surface area contributed by atoms with E-state index in [2.05, 4.69) is 5.32 Å². The zero-order valence-electron chi connectivity index (χ0n) is 10.4. The molecule has 0 spiro atoms. The monoisotopic (exact) mass is 253 g/mol. The summed E-state index contributed by atoms with van der Waals surface area (Å²) in [6, 6.07) is 3.99. The first-order chi connectivity index (χ1) is 8.41. The van der Waals surface area contributed by atoms with Gasteiger partial charge in [-0.15, -0.1) is 0 Å². The number of aryl methyl sites for hydroxylation is 1. The lowest BCUT2D eigenvalue weighted by Gasteiger charge is -2.09. The van der Waals surface area contributed by atoms with E-state index in [-0.39, 0.29) is 18.0 Å². The maximum atomic E-state index is 13.0. The van der Waals surface area contributed by atoms with Gasteiger partial charge < -0.3 is 10.4 Å². The minimum Gasteiger partial charge on any atom is -0.481 e. The first-order valence-electron chi connectivity index (χ1n) is 5.69. The molecule has 0 aliphatic rings. The molecule has 4 nitrogen and oxygen atoms in total. The predicted octanol–water partition coefficient (Wildman–Crippen LogP) is 1.97. The van der Waals surface area contributed by atoms with Gasteiger partial charge in [-0.3, -0.25) is 9.59 Å². The quantitative estimate of drug-likeness (QED) is 0.843. The van der Waals surface area contributed by atoms with Crippen LogP contribution in [0.5, 0.6) is 0 Å². The zero-order valence-corrected chi connectivity index (χ0v) is 10.4. The summed E-state index contributed by atoms with van der Waals surface area (Å²) in [5, 5.41) is 11.3. The minimum absolute atomic E-state index is 0.252. The Morgan fingerprint density at radius 2 is 2.11 bits per heavy atom. The molecule has 1 unspecified atom stereocenters. The normalized spacial score (nSPS) is 11.9. The Labute approximate surface area is 105 Å². The highest BCUT2D eigenvalue weighted by atomic mass is 19.1. The van der Waals surface area contributed by atoms with Gasteiger partial charge in [-0.05, 0) is 31.0 Å². The summed E-state index contributed by atoms with van der Waals surface area (Å²) in [5.74, 6) is -2.26. The van der Waals surface area contributed by atoms with Gasteiger partial charge in [-0.25, -0.2) is 4.39 Å². The Morgan fingerprint density at radius 3 is 2.72 bits per heavy atom.